The van der Waals surface area contributed by atoms with Crippen molar-refractivity contribution in [3.63, 3.8) is 0 Å². The number of benzene rings is 1. The number of nitrogens with one attached hydrogen (secondary N) is 1. The van der Waals surface area contributed by atoms with Gasteiger partial charge in [-0.1, -0.05) is 44.2 Å². The minimum absolute atomic E-state index is 0.00911. The molecule has 7 nitrogen and oxygen atoms in total. The first kappa shape index (κ1) is 21.1. The second-order valence-electron chi connectivity index (χ2n) is 7.45. The van der Waals surface area contributed by atoms with Gasteiger partial charge in [0.25, 0.3) is 0 Å². The number of guanidine groups is 1. The summed E-state index contributed by atoms with van der Waals surface area (Å²) in [5.74, 6) is 0.508. The fraction of sp³-hybridized carbons (Fsp3) is 0.571. The van der Waals surface area contributed by atoms with E-state index >= 15 is 0 Å². The number of aromatic nitrogens is 2. The van der Waals surface area contributed by atoms with E-state index < -0.39 is 5.82 Å². The van der Waals surface area contributed by atoms with Crippen LogP contribution in [-0.2, 0) is 0 Å². The fourth-order valence-electron chi connectivity index (χ4n) is 3.62. The van der Waals surface area contributed by atoms with Gasteiger partial charge < -0.3 is 19.9 Å². The molecule has 1 aliphatic rings. The van der Waals surface area contributed by atoms with E-state index in [-0.39, 0.29) is 17.8 Å². The van der Waals surface area contributed by atoms with Gasteiger partial charge in [0.15, 0.2) is 17.5 Å². The largest absolute Gasteiger partial charge is 0.491 e. The second kappa shape index (κ2) is 10.2. The zero-order valence-electron chi connectivity index (χ0n) is 17.0. The number of hydrogen-bond acceptors (Lipinski definition) is 5. The molecule has 0 spiro atoms. The maximum Gasteiger partial charge on any atom is 0.249 e. The summed E-state index contributed by atoms with van der Waals surface area (Å²) in [6.45, 7) is 3.40. The molecule has 0 aliphatic carbocycles. The highest BCUT2D eigenvalue weighted by atomic mass is 19.1. The van der Waals surface area contributed by atoms with E-state index in [1.807, 2.05) is 0 Å². The molecule has 1 aliphatic heterocycles. The van der Waals surface area contributed by atoms with Gasteiger partial charge >= 0.3 is 0 Å². The Morgan fingerprint density at radius 3 is 2.86 bits per heavy atom. The highest BCUT2D eigenvalue weighted by Crippen LogP contribution is 2.32. The summed E-state index contributed by atoms with van der Waals surface area (Å²) in [7, 11) is 0. The van der Waals surface area contributed by atoms with Gasteiger partial charge in [-0.05, 0) is 37.5 Å². The van der Waals surface area contributed by atoms with Crippen LogP contribution in [0.15, 0.2) is 22.7 Å². The van der Waals surface area contributed by atoms with Crippen LogP contribution in [0.1, 0.15) is 70.2 Å². The van der Waals surface area contributed by atoms with Gasteiger partial charge in [-0.15, -0.1) is 0 Å². The highest BCUT2D eigenvalue weighted by molar-refractivity contribution is 5.75. The van der Waals surface area contributed by atoms with Crippen LogP contribution in [0.25, 0.3) is 11.4 Å². The maximum atomic E-state index is 14.4. The SMILES string of the molecule is CCCCCCCCOc1ccc(-c2noc(C3CCCN3C(=N)N)n2)cc1F. The van der Waals surface area contributed by atoms with Crippen LogP contribution >= 0.6 is 0 Å². The monoisotopic (exact) mass is 403 g/mol. The van der Waals surface area contributed by atoms with E-state index in [9.17, 15) is 4.39 Å². The predicted octanol–water partition coefficient (Wildman–Crippen LogP) is 4.65. The van der Waals surface area contributed by atoms with E-state index in [1.165, 1.54) is 31.7 Å². The van der Waals surface area contributed by atoms with Crippen molar-refractivity contribution in [2.24, 2.45) is 5.73 Å². The van der Waals surface area contributed by atoms with E-state index in [0.717, 1.165) is 25.7 Å². The van der Waals surface area contributed by atoms with Crippen LogP contribution < -0.4 is 10.5 Å². The first-order chi connectivity index (χ1) is 14.1. The van der Waals surface area contributed by atoms with Crippen molar-refractivity contribution >= 4 is 5.96 Å². The molecule has 1 aromatic carbocycles. The number of halogens is 1. The lowest BCUT2D eigenvalue weighted by atomic mass is 10.1. The average molecular weight is 404 g/mol. The molecule has 0 amide bonds. The van der Waals surface area contributed by atoms with Gasteiger partial charge in [0.05, 0.1) is 6.61 Å². The summed E-state index contributed by atoms with van der Waals surface area (Å²) in [5, 5.41) is 11.6. The number of unbranched alkanes of at least 4 members (excludes halogenated alkanes) is 5. The van der Waals surface area contributed by atoms with Gasteiger partial charge in [-0.25, -0.2) is 4.39 Å². The number of likely N-dealkylation sites (tertiary alicyclic amines) is 1. The minimum atomic E-state index is -0.439. The molecule has 0 saturated carbocycles. The Balaban J connectivity index is 1.56. The average Bonchev–Trinajstić information content (AvgIpc) is 3.37. The molecule has 1 fully saturated rings. The molecule has 1 unspecified atom stereocenters. The number of ether oxygens (including phenoxy) is 1. The van der Waals surface area contributed by atoms with Crippen molar-refractivity contribution in [3.8, 4) is 17.1 Å². The summed E-state index contributed by atoms with van der Waals surface area (Å²) in [6.07, 6.45) is 8.66. The lowest BCUT2D eigenvalue weighted by Gasteiger charge is -2.21. The summed E-state index contributed by atoms with van der Waals surface area (Å²) >= 11 is 0. The van der Waals surface area contributed by atoms with Crippen molar-refractivity contribution in [2.45, 2.75) is 64.3 Å². The third-order valence-electron chi connectivity index (χ3n) is 5.23. The molecule has 1 saturated heterocycles. The number of nitrogens with zero attached hydrogens (tertiary/aromatic N) is 3. The van der Waals surface area contributed by atoms with Gasteiger partial charge in [0.2, 0.25) is 11.7 Å². The summed E-state index contributed by atoms with van der Waals surface area (Å²) in [5.41, 5.74) is 6.14. The Bertz CT molecular complexity index is 810. The van der Waals surface area contributed by atoms with Crippen molar-refractivity contribution < 1.29 is 13.7 Å². The third-order valence-corrected chi connectivity index (χ3v) is 5.23. The molecular formula is C21H30FN5O2. The van der Waals surface area contributed by atoms with Gasteiger partial charge in [0.1, 0.15) is 6.04 Å². The first-order valence-corrected chi connectivity index (χ1v) is 10.5. The van der Waals surface area contributed by atoms with Crippen molar-refractivity contribution in [1.82, 2.24) is 15.0 Å². The topological polar surface area (TPSA) is 101 Å². The maximum absolute atomic E-state index is 14.4. The Labute approximate surface area is 170 Å². The molecule has 158 valence electrons. The van der Waals surface area contributed by atoms with E-state index in [2.05, 4.69) is 17.1 Å². The van der Waals surface area contributed by atoms with E-state index in [4.69, 9.17) is 20.4 Å². The lowest BCUT2D eigenvalue weighted by Crippen LogP contribution is -2.35. The number of rotatable bonds is 10. The zero-order valence-corrected chi connectivity index (χ0v) is 17.0. The normalized spacial score (nSPS) is 16.3. The molecule has 2 aromatic rings. The molecule has 3 rings (SSSR count). The van der Waals surface area contributed by atoms with Gasteiger partial charge in [0, 0.05) is 12.1 Å². The molecule has 1 atom stereocenters. The van der Waals surface area contributed by atoms with Crippen LogP contribution in [0.4, 0.5) is 4.39 Å². The second-order valence-corrected chi connectivity index (χ2v) is 7.45. The van der Waals surface area contributed by atoms with Gasteiger partial charge in [-0.2, -0.15) is 4.98 Å². The fourth-order valence-corrected chi connectivity index (χ4v) is 3.62. The quantitative estimate of drug-likeness (QED) is 0.340. The summed E-state index contributed by atoms with van der Waals surface area (Å²) < 4.78 is 25.4. The summed E-state index contributed by atoms with van der Waals surface area (Å²) in [4.78, 5) is 6.13. The summed E-state index contributed by atoms with van der Waals surface area (Å²) in [6, 6.07) is 4.50. The molecular weight excluding hydrogens is 373 g/mol. The standard InChI is InChI=1S/C21H30FN5O2/c1-2-3-4-5-6-7-13-28-18-11-10-15(14-16(18)22)19-25-20(29-26-19)17-9-8-12-27(17)21(23)24/h10-11,14,17H,2-9,12-13H2,1H3,(H3,23,24). The Morgan fingerprint density at radius 1 is 1.31 bits per heavy atom. The minimum Gasteiger partial charge on any atom is -0.491 e. The van der Waals surface area contributed by atoms with Crippen LogP contribution in [0.3, 0.4) is 0 Å². The Kier molecular flexibility index (Phi) is 7.43. The van der Waals surface area contributed by atoms with Crippen LogP contribution in [-0.4, -0.2) is 34.2 Å². The van der Waals surface area contributed by atoms with E-state index in [0.29, 0.717) is 30.4 Å². The van der Waals surface area contributed by atoms with Crippen molar-refractivity contribution in [2.75, 3.05) is 13.2 Å². The molecule has 8 heteroatoms. The Hall–Kier alpha value is -2.64. The van der Waals surface area contributed by atoms with Crippen LogP contribution in [0, 0.1) is 11.2 Å². The van der Waals surface area contributed by atoms with Crippen LogP contribution in [0.2, 0.25) is 0 Å². The van der Waals surface area contributed by atoms with Gasteiger partial charge in [-0.3, -0.25) is 5.41 Å². The zero-order chi connectivity index (χ0) is 20.6. The first-order valence-electron chi connectivity index (χ1n) is 10.5. The molecule has 0 bridgehead atoms. The molecule has 2 heterocycles. The smallest absolute Gasteiger partial charge is 0.249 e. The number of hydrogen-bond donors (Lipinski definition) is 2. The molecule has 3 N–H and O–H groups in total. The third kappa shape index (κ3) is 5.46. The molecule has 1 aromatic heterocycles. The van der Waals surface area contributed by atoms with Crippen molar-refractivity contribution in [3.05, 3.63) is 29.9 Å². The highest BCUT2D eigenvalue weighted by Gasteiger charge is 2.31. The van der Waals surface area contributed by atoms with Crippen molar-refractivity contribution in [1.29, 1.82) is 5.41 Å². The Morgan fingerprint density at radius 2 is 2.10 bits per heavy atom. The lowest BCUT2D eigenvalue weighted by molar-refractivity contribution is 0.283. The molecule has 0 radical (unpaired) electrons. The number of nitrogens with two attached hydrogens (primary N) is 1. The van der Waals surface area contributed by atoms with Crippen LogP contribution in [0.5, 0.6) is 5.75 Å². The van der Waals surface area contributed by atoms with E-state index in [1.54, 1.807) is 17.0 Å². The molecule has 29 heavy (non-hydrogen) atoms. The predicted molar refractivity (Wildman–Crippen MR) is 109 cm³/mol.